The van der Waals surface area contributed by atoms with Crippen molar-refractivity contribution < 1.29 is 28.2 Å². The minimum Gasteiger partial charge on any atom is -0.490 e. The van der Waals surface area contributed by atoms with Gasteiger partial charge in [0.1, 0.15) is 24.1 Å². The summed E-state index contributed by atoms with van der Waals surface area (Å²) in [5.74, 6) is -0.537. The minimum atomic E-state index is -0.609. The summed E-state index contributed by atoms with van der Waals surface area (Å²) < 4.78 is 30.5. The van der Waals surface area contributed by atoms with Gasteiger partial charge in [0, 0.05) is 5.69 Å². The second kappa shape index (κ2) is 12.7. The maximum absolute atomic E-state index is 13.5. The van der Waals surface area contributed by atoms with Crippen molar-refractivity contribution in [2.24, 2.45) is 0 Å². The highest BCUT2D eigenvalue weighted by Gasteiger charge is 2.15. The van der Waals surface area contributed by atoms with E-state index in [0.29, 0.717) is 44.1 Å². The van der Waals surface area contributed by atoms with Gasteiger partial charge in [-0.25, -0.2) is 9.18 Å². The van der Waals surface area contributed by atoms with Crippen LogP contribution in [0.1, 0.15) is 28.4 Å². The molecule has 3 aromatic carbocycles. The summed E-state index contributed by atoms with van der Waals surface area (Å²) in [6.45, 7) is 2.34. The van der Waals surface area contributed by atoms with E-state index in [0.717, 1.165) is 0 Å². The zero-order chi connectivity index (χ0) is 26.1. The summed E-state index contributed by atoms with van der Waals surface area (Å²) in [6, 6.07) is 17.6. The number of nitrogens with zero attached hydrogens (tertiary/aromatic N) is 1. The molecule has 1 N–H and O–H groups in total. The molecule has 0 heterocycles. The Kier molecular flexibility index (Phi) is 9.41. The molecule has 36 heavy (non-hydrogen) atoms. The summed E-state index contributed by atoms with van der Waals surface area (Å²) in [7, 11) is 1.28. The van der Waals surface area contributed by atoms with Crippen LogP contribution < -0.4 is 14.8 Å². The molecule has 0 aromatic heterocycles. The van der Waals surface area contributed by atoms with Crippen molar-refractivity contribution in [1.82, 2.24) is 0 Å². The van der Waals surface area contributed by atoms with E-state index in [9.17, 15) is 19.2 Å². The van der Waals surface area contributed by atoms with E-state index in [2.05, 4.69) is 32.6 Å². The zero-order valence-electron chi connectivity index (χ0n) is 19.5. The zero-order valence-corrected chi connectivity index (χ0v) is 21.7. The lowest BCUT2D eigenvalue weighted by Gasteiger charge is -2.15. The van der Waals surface area contributed by atoms with Crippen LogP contribution in [0.4, 0.5) is 10.1 Å². The molecular formula is C27H22FIN2O5. The molecule has 184 valence electrons. The largest absolute Gasteiger partial charge is 0.490 e. The Morgan fingerprint density at radius 2 is 1.86 bits per heavy atom. The van der Waals surface area contributed by atoms with Crippen LogP contribution in [0.2, 0.25) is 0 Å². The molecule has 0 radical (unpaired) electrons. The van der Waals surface area contributed by atoms with Crippen molar-refractivity contribution in [2.45, 2.75) is 13.5 Å². The van der Waals surface area contributed by atoms with Gasteiger partial charge in [0.05, 0.1) is 22.9 Å². The van der Waals surface area contributed by atoms with Gasteiger partial charge in [-0.2, -0.15) is 5.26 Å². The Balaban J connectivity index is 1.81. The highest BCUT2D eigenvalue weighted by molar-refractivity contribution is 14.1. The molecule has 3 aromatic rings. The number of nitrogens with one attached hydrogen (secondary N) is 1. The number of hydrogen-bond acceptors (Lipinski definition) is 6. The molecule has 9 heteroatoms. The molecule has 1 amide bonds. The standard InChI is InChI=1S/C27H22FIN2O5/c1-3-35-24-14-18(13-23(29)25(24)36-16-17-5-4-6-21(28)12-17)11-20(15-30)26(32)31-22-9-7-19(8-10-22)27(33)34-2/h4-14H,3,16H2,1-2H3,(H,31,32)/b20-11+. The summed E-state index contributed by atoms with van der Waals surface area (Å²) in [6.07, 6.45) is 1.44. The summed E-state index contributed by atoms with van der Waals surface area (Å²) in [5, 5.41) is 12.2. The number of rotatable bonds is 9. The van der Waals surface area contributed by atoms with Crippen molar-refractivity contribution in [2.75, 3.05) is 19.0 Å². The lowest BCUT2D eigenvalue weighted by molar-refractivity contribution is -0.112. The van der Waals surface area contributed by atoms with Gasteiger partial charge < -0.3 is 19.5 Å². The first-order valence-corrected chi connectivity index (χ1v) is 11.9. The maximum Gasteiger partial charge on any atom is 0.337 e. The first-order valence-electron chi connectivity index (χ1n) is 10.8. The van der Waals surface area contributed by atoms with Crippen LogP contribution in [0.5, 0.6) is 11.5 Å². The fraction of sp³-hybridized carbons (Fsp3) is 0.148. The molecule has 0 unspecified atom stereocenters. The number of esters is 1. The van der Waals surface area contributed by atoms with Gasteiger partial charge in [0.2, 0.25) is 0 Å². The quantitative estimate of drug-likeness (QED) is 0.146. The second-order valence-electron chi connectivity index (χ2n) is 7.37. The van der Waals surface area contributed by atoms with E-state index >= 15 is 0 Å². The molecule has 0 aliphatic carbocycles. The van der Waals surface area contributed by atoms with Gasteiger partial charge >= 0.3 is 5.97 Å². The van der Waals surface area contributed by atoms with E-state index in [-0.39, 0.29) is 18.0 Å². The third kappa shape index (κ3) is 7.05. The van der Waals surface area contributed by atoms with Crippen LogP contribution in [0.3, 0.4) is 0 Å². The number of anilines is 1. The molecule has 0 atom stereocenters. The number of benzene rings is 3. The number of nitriles is 1. The first kappa shape index (κ1) is 26.7. The van der Waals surface area contributed by atoms with E-state index in [1.54, 1.807) is 36.4 Å². The molecule has 0 saturated carbocycles. The molecular weight excluding hydrogens is 578 g/mol. The predicted octanol–water partition coefficient (Wildman–Crippen LogP) is 5.74. The van der Waals surface area contributed by atoms with Gasteiger partial charge in [0.25, 0.3) is 5.91 Å². The Hall–Kier alpha value is -3.91. The lowest BCUT2D eigenvalue weighted by atomic mass is 10.1. The molecule has 3 rings (SSSR count). The minimum absolute atomic E-state index is 0.126. The van der Waals surface area contributed by atoms with Gasteiger partial charge in [0.15, 0.2) is 11.5 Å². The third-order valence-electron chi connectivity index (χ3n) is 4.84. The second-order valence-corrected chi connectivity index (χ2v) is 8.54. The van der Waals surface area contributed by atoms with Gasteiger partial charge in [-0.15, -0.1) is 0 Å². The monoisotopic (exact) mass is 600 g/mol. The Labute approximate surface area is 221 Å². The fourth-order valence-corrected chi connectivity index (χ4v) is 3.96. The van der Waals surface area contributed by atoms with Crippen molar-refractivity contribution >= 4 is 46.2 Å². The number of amides is 1. The highest BCUT2D eigenvalue weighted by atomic mass is 127. The smallest absolute Gasteiger partial charge is 0.337 e. The number of carbonyl (C=O) groups excluding carboxylic acids is 2. The SMILES string of the molecule is CCOc1cc(/C=C(\C#N)C(=O)Nc2ccc(C(=O)OC)cc2)cc(I)c1OCc1cccc(F)c1. The Bertz CT molecular complexity index is 1330. The van der Waals surface area contributed by atoms with E-state index in [1.807, 2.05) is 13.0 Å². The van der Waals surface area contributed by atoms with E-state index in [4.69, 9.17) is 9.47 Å². The molecule has 0 aliphatic rings. The van der Waals surface area contributed by atoms with Crippen molar-refractivity contribution in [3.63, 3.8) is 0 Å². The van der Waals surface area contributed by atoms with Crippen molar-refractivity contribution in [3.8, 4) is 17.6 Å². The highest BCUT2D eigenvalue weighted by Crippen LogP contribution is 2.35. The molecule has 0 bridgehead atoms. The molecule has 0 fully saturated rings. The van der Waals surface area contributed by atoms with Gasteiger partial charge in [-0.1, -0.05) is 12.1 Å². The van der Waals surface area contributed by atoms with Crippen LogP contribution >= 0.6 is 22.6 Å². The average molecular weight is 600 g/mol. The lowest BCUT2D eigenvalue weighted by Crippen LogP contribution is -2.13. The normalized spacial score (nSPS) is 10.8. The van der Waals surface area contributed by atoms with E-state index in [1.165, 1.54) is 37.5 Å². The number of hydrogen-bond donors (Lipinski definition) is 1. The van der Waals surface area contributed by atoms with Crippen molar-refractivity contribution in [3.05, 3.63) is 92.3 Å². The van der Waals surface area contributed by atoms with Crippen LogP contribution in [0, 0.1) is 20.7 Å². The van der Waals surface area contributed by atoms with Crippen LogP contribution in [-0.2, 0) is 16.1 Å². The predicted molar refractivity (Wildman–Crippen MR) is 141 cm³/mol. The number of carbonyl (C=O) groups is 2. The van der Waals surface area contributed by atoms with Crippen LogP contribution in [0.25, 0.3) is 6.08 Å². The molecule has 0 aliphatic heterocycles. The summed E-state index contributed by atoms with van der Waals surface area (Å²) in [4.78, 5) is 24.3. The van der Waals surface area contributed by atoms with Crippen LogP contribution in [-0.4, -0.2) is 25.6 Å². The topological polar surface area (TPSA) is 97.7 Å². The third-order valence-corrected chi connectivity index (χ3v) is 5.65. The molecule has 7 nitrogen and oxygen atoms in total. The number of methoxy groups -OCH3 is 1. The Morgan fingerprint density at radius 3 is 2.50 bits per heavy atom. The fourth-order valence-electron chi connectivity index (χ4n) is 3.18. The van der Waals surface area contributed by atoms with Crippen molar-refractivity contribution in [1.29, 1.82) is 5.26 Å². The first-order chi connectivity index (χ1) is 17.3. The summed E-state index contributed by atoms with van der Waals surface area (Å²) in [5.41, 5.74) is 1.86. The number of halogens is 2. The maximum atomic E-state index is 13.5. The average Bonchev–Trinajstić information content (AvgIpc) is 2.87. The van der Waals surface area contributed by atoms with E-state index < -0.39 is 11.9 Å². The molecule has 0 saturated heterocycles. The molecule has 0 spiro atoms. The van der Waals surface area contributed by atoms with Crippen LogP contribution in [0.15, 0.2) is 66.2 Å². The summed E-state index contributed by atoms with van der Waals surface area (Å²) >= 11 is 2.08. The van der Waals surface area contributed by atoms with Gasteiger partial charge in [-0.3, -0.25) is 4.79 Å². The number of ether oxygens (including phenoxy) is 3. The Morgan fingerprint density at radius 1 is 1.11 bits per heavy atom. The van der Waals surface area contributed by atoms with Gasteiger partial charge in [-0.05, 0) is 95.2 Å².